The third-order valence-electron chi connectivity index (χ3n) is 3.50. The van der Waals surface area contributed by atoms with E-state index in [1.807, 2.05) is 0 Å². The topological polar surface area (TPSA) is 83.6 Å². The lowest BCUT2D eigenvalue weighted by Crippen LogP contribution is -2.38. The maximum Gasteiger partial charge on any atom is 0.335 e. The van der Waals surface area contributed by atoms with Crippen LogP contribution >= 0.6 is 0 Å². The highest BCUT2D eigenvalue weighted by molar-refractivity contribution is 5.99. The van der Waals surface area contributed by atoms with Gasteiger partial charge in [-0.1, -0.05) is 0 Å². The summed E-state index contributed by atoms with van der Waals surface area (Å²) in [6.45, 7) is 0.364. The lowest BCUT2D eigenvalue weighted by molar-refractivity contribution is -0.123. The van der Waals surface area contributed by atoms with Crippen molar-refractivity contribution in [1.29, 1.82) is 0 Å². The molecular formula is C13H16N2O3. The van der Waals surface area contributed by atoms with Crippen molar-refractivity contribution in [1.82, 2.24) is 0 Å². The summed E-state index contributed by atoms with van der Waals surface area (Å²) in [5.74, 6) is -0.968. The summed E-state index contributed by atoms with van der Waals surface area (Å²) < 4.78 is 0. The van der Waals surface area contributed by atoms with Crippen molar-refractivity contribution in [3.8, 4) is 0 Å². The van der Waals surface area contributed by atoms with Gasteiger partial charge in [-0.15, -0.1) is 0 Å². The van der Waals surface area contributed by atoms with Crippen LogP contribution in [-0.4, -0.2) is 30.6 Å². The fraction of sp³-hybridized carbons (Fsp3) is 0.385. The van der Waals surface area contributed by atoms with Gasteiger partial charge < -0.3 is 15.7 Å². The van der Waals surface area contributed by atoms with Crippen LogP contribution in [0.1, 0.15) is 23.2 Å². The van der Waals surface area contributed by atoms with Gasteiger partial charge in [0.2, 0.25) is 5.91 Å². The van der Waals surface area contributed by atoms with Crippen LogP contribution in [0.25, 0.3) is 0 Å². The number of aromatic carboxylic acids is 1. The standard InChI is InChI=1S/C13H16N2O3/c1-15(12(18)13(8-14)6-7-13)10-4-2-9(3-5-10)11(16)17/h2-5H,6-8,14H2,1H3,(H,16,17). The minimum atomic E-state index is -0.976. The SMILES string of the molecule is CN(C(=O)C1(CN)CC1)c1ccc(C(=O)O)cc1. The number of carboxylic acid groups (broad SMARTS) is 1. The molecule has 96 valence electrons. The Labute approximate surface area is 105 Å². The fourth-order valence-electron chi connectivity index (χ4n) is 1.96. The van der Waals surface area contributed by atoms with E-state index in [1.54, 1.807) is 24.1 Å². The van der Waals surface area contributed by atoms with E-state index in [2.05, 4.69) is 0 Å². The normalized spacial score (nSPS) is 16.1. The Bertz CT molecular complexity index is 478. The second kappa shape index (κ2) is 4.42. The molecule has 1 aromatic carbocycles. The molecule has 0 heterocycles. The predicted octanol–water partition coefficient (Wildman–Crippen LogP) is 1.09. The van der Waals surface area contributed by atoms with Gasteiger partial charge >= 0.3 is 5.97 Å². The number of nitrogens with zero attached hydrogens (tertiary/aromatic N) is 1. The number of rotatable bonds is 4. The highest BCUT2D eigenvalue weighted by atomic mass is 16.4. The molecule has 0 aromatic heterocycles. The maximum atomic E-state index is 12.2. The largest absolute Gasteiger partial charge is 0.478 e. The van der Waals surface area contributed by atoms with E-state index in [-0.39, 0.29) is 16.9 Å². The molecule has 1 amide bonds. The molecule has 1 saturated carbocycles. The fourth-order valence-corrected chi connectivity index (χ4v) is 1.96. The third-order valence-corrected chi connectivity index (χ3v) is 3.50. The number of amides is 1. The van der Waals surface area contributed by atoms with Gasteiger partial charge in [-0.3, -0.25) is 4.79 Å². The highest BCUT2D eigenvalue weighted by Gasteiger charge is 2.50. The number of carbonyl (C=O) groups excluding carboxylic acids is 1. The van der Waals surface area contributed by atoms with E-state index in [1.165, 1.54) is 12.1 Å². The first kappa shape index (κ1) is 12.6. The van der Waals surface area contributed by atoms with Crippen molar-refractivity contribution in [2.75, 3.05) is 18.5 Å². The van der Waals surface area contributed by atoms with Gasteiger partial charge in [0.25, 0.3) is 0 Å². The van der Waals surface area contributed by atoms with E-state index in [0.29, 0.717) is 12.2 Å². The molecule has 0 unspecified atom stereocenters. The molecule has 0 radical (unpaired) electrons. The summed E-state index contributed by atoms with van der Waals surface area (Å²) in [4.78, 5) is 24.5. The van der Waals surface area contributed by atoms with Crippen molar-refractivity contribution in [3.05, 3.63) is 29.8 Å². The molecule has 0 saturated heterocycles. The minimum Gasteiger partial charge on any atom is -0.478 e. The van der Waals surface area contributed by atoms with Gasteiger partial charge in [-0.05, 0) is 37.1 Å². The van der Waals surface area contributed by atoms with Crippen molar-refractivity contribution in [2.45, 2.75) is 12.8 Å². The zero-order chi connectivity index (χ0) is 13.3. The first-order chi connectivity index (χ1) is 8.50. The molecule has 0 spiro atoms. The number of carboxylic acids is 1. The Balaban J connectivity index is 2.16. The van der Waals surface area contributed by atoms with Crippen molar-refractivity contribution in [2.24, 2.45) is 11.1 Å². The maximum absolute atomic E-state index is 12.2. The van der Waals surface area contributed by atoms with Gasteiger partial charge in [0.15, 0.2) is 0 Å². The number of carbonyl (C=O) groups is 2. The number of benzene rings is 1. The smallest absolute Gasteiger partial charge is 0.335 e. The molecule has 0 atom stereocenters. The summed E-state index contributed by atoms with van der Waals surface area (Å²) in [7, 11) is 1.69. The van der Waals surface area contributed by atoms with Gasteiger partial charge in [0, 0.05) is 19.3 Å². The Kier molecular flexibility index (Phi) is 3.09. The second-order valence-electron chi connectivity index (χ2n) is 4.70. The van der Waals surface area contributed by atoms with E-state index < -0.39 is 5.97 Å². The molecular weight excluding hydrogens is 232 g/mol. The molecule has 1 aromatic rings. The van der Waals surface area contributed by atoms with Crippen LogP contribution in [0.2, 0.25) is 0 Å². The van der Waals surface area contributed by atoms with Crippen molar-refractivity contribution in [3.63, 3.8) is 0 Å². The van der Waals surface area contributed by atoms with Crippen LogP contribution in [0.15, 0.2) is 24.3 Å². The lowest BCUT2D eigenvalue weighted by Gasteiger charge is -2.22. The monoisotopic (exact) mass is 248 g/mol. The van der Waals surface area contributed by atoms with Crippen LogP contribution in [0.3, 0.4) is 0 Å². The Morgan fingerprint density at radius 2 is 1.89 bits per heavy atom. The van der Waals surface area contributed by atoms with Crippen LogP contribution < -0.4 is 10.6 Å². The number of nitrogens with two attached hydrogens (primary N) is 1. The Hall–Kier alpha value is -1.88. The molecule has 1 aliphatic rings. The highest BCUT2D eigenvalue weighted by Crippen LogP contribution is 2.46. The Morgan fingerprint density at radius 1 is 1.33 bits per heavy atom. The van der Waals surface area contributed by atoms with Gasteiger partial charge in [0.1, 0.15) is 0 Å². The number of hydrogen-bond acceptors (Lipinski definition) is 3. The molecule has 3 N–H and O–H groups in total. The van der Waals surface area contributed by atoms with Crippen molar-refractivity contribution < 1.29 is 14.7 Å². The number of anilines is 1. The third kappa shape index (κ3) is 2.09. The average molecular weight is 248 g/mol. The summed E-state index contributed by atoms with van der Waals surface area (Å²) >= 11 is 0. The summed E-state index contributed by atoms with van der Waals surface area (Å²) in [6.07, 6.45) is 1.67. The van der Waals surface area contributed by atoms with Crippen LogP contribution in [0.5, 0.6) is 0 Å². The van der Waals surface area contributed by atoms with Crippen LogP contribution in [-0.2, 0) is 4.79 Å². The first-order valence-electron chi connectivity index (χ1n) is 5.82. The summed E-state index contributed by atoms with van der Waals surface area (Å²) in [6, 6.07) is 6.24. The van der Waals surface area contributed by atoms with E-state index in [4.69, 9.17) is 10.8 Å². The lowest BCUT2D eigenvalue weighted by atomic mass is 10.1. The van der Waals surface area contributed by atoms with Crippen molar-refractivity contribution >= 4 is 17.6 Å². The average Bonchev–Trinajstić information content (AvgIpc) is 3.18. The van der Waals surface area contributed by atoms with Crippen LogP contribution in [0.4, 0.5) is 5.69 Å². The van der Waals surface area contributed by atoms with E-state index in [9.17, 15) is 9.59 Å². The molecule has 1 aliphatic carbocycles. The second-order valence-corrected chi connectivity index (χ2v) is 4.70. The number of hydrogen-bond donors (Lipinski definition) is 2. The molecule has 0 aliphatic heterocycles. The molecule has 18 heavy (non-hydrogen) atoms. The zero-order valence-electron chi connectivity index (χ0n) is 10.2. The summed E-state index contributed by atoms with van der Waals surface area (Å²) in [5.41, 5.74) is 6.13. The first-order valence-corrected chi connectivity index (χ1v) is 5.82. The molecule has 5 heteroatoms. The Morgan fingerprint density at radius 3 is 2.28 bits per heavy atom. The quantitative estimate of drug-likeness (QED) is 0.835. The van der Waals surface area contributed by atoms with E-state index >= 15 is 0 Å². The van der Waals surface area contributed by atoms with Gasteiger partial charge in [-0.2, -0.15) is 0 Å². The molecule has 1 fully saturated rings. The molecule has 0 bridgehead atoms. The predicted molar refractivity (Wildman–Crippen MR) is 67.5 cm³/mol. The molecule has 5 nitrogen and oxygen atoms in total. The van der Waals surface area contributed by atoms with Gasteiger partial charge in [-0.25, -0.2) is 4.79 Å². The minimum absolute atomic E-state index is 0.00748. The van der Waals surface area contributed by atoms with Crippen LogP contribution in [0, 0.1) is 5.41 Å². The summed E-state index contributed by atoms with van der Waals surface area (Å²) in [5, 5.41) is 8.80. The molecule has 2 rings (SSSR count). The van der Waals surface area contributed by atoms with Gasteiger partial charge in [0.05, 0.1) is 11.0 Å². The van der Waals surface area contributed by atoms with E-state index in [0.717, 1.165) is 12.8 Å². The zero-order valence-corrected chi connectivity index (χ0v) is 10.2.